The fraction of sp³-hybridized carbons (Fsp3) is 0.333. The van der Waals surface area contributed by atoms with Gasteiger partial charge in [-0.3, -0.25) is 10.1 Å². The molecular formula is C9H11FN2O3. The summed E-state index contributed by atoms with van der Waals surface area (Å²) in [6, 6.07) is 3.82. The van der Waals surface area contributed by atoms with E-state index in [-0.39, 0.29) is 23.5 Å². The molecule has 0 aliphatic heterocycles. The molecule has 0 saturated carbocycles. The lowest BCUT2D eigenvalue weighted by Crippen LogP contribution is -2.08. The van der Waals surface area contributed by atoms with Gasteiger partial charge in [-0.25, -0.2) is 4.39 Å². The minimum atomic E-state index is -1.33. The van der Waals surface area contributed by atoms with E-state index in [4.69, 9.17) is 10.5 Å². The zero-order valence-corrected chi connectivity index (χ0v) is 8.14. The molecule has 1 aromatic carbocycles. The Kier molecular flexibility index (Phi) is 3.56. The van der Waals surface area contributed by atoms with E-state index in [0.717, 1.165) is 0 Å². The van der Waals surface area contributed by atoms with Crippen molar-refractivity contribution in [2.45, 2.75) is 6.17 Å². The maximum atomic E-state index is 13.2. The Labute approximate surface area is 85.8 Å². The number of nitrogens with zero attached hydrogens (tertiary/aromatic N) is 1. The second-order valence-corrected chi connectivity index (χ2v) is 2.89. The third-order valence-corrected chi connectivity index (χ3v) is 1.97. The Bertz CT molecular complexity index is 370. The molecule has 0 aliphatic carbocycles. The smallest absolute Gasteiger partial charge is 0.310 e. The molecule has 0 aliphatic rings. The van der Waals surface area contributed by atoms with Gasteiger partial charge in [-0.15, -0.1) is 0 Å². The van der Waals surface area contributed by atoms with Gasteiger partial charge in [0.25, 0.3) is 0 Å². The number of nitrogens with two attached hydrogens (primary N) is 1. The molecule has 5 nitrogen and oxygen atoms in total. The first-order valence-corrected chi connectivity index (χ1v) is 4.26. The molecule has 1 aromatic rings. The summed E-state index contributed by atoms with van der Waals surface area (Å²) in [6.45, 7) is -0.166. The van der Waals surface area contributed by atoms with Crippen molar-refractivity contribution in [2.75, 3.05) is 13.7 Å². The molecule has 1 atom stereocenters. The van der Waals surface area contributed by atoms with Crippen LogP contribution < -0.4 is 10.5 Å². The summed E-state index contributed by atoms with van der Waals surface area (Å²) >= 11 is 0. The molecular weight excluding hydrogens is 203 g/mol. The zero-order chi connectivity index (χ0) is 11.4. The lowest BCUT2D eigenvalue weighted by molar-refractivity contribution is -0.385. The van der Waals surface area contributed by atoms with Crippen molar-refractivity contribution in [3.05, 3.63) is 33.9 Å². The van der Waals surface area contributed by atoms with Gasteiger partial charge in [0.05, 0.1) is 12.0 Å². The van der Waals surface area contributed by atoms with E-state index in [0.29, 0.717) is 0 Å². The molecule has 0 bridgehead atoms. The Morgan fingerprint density at radius 1 is 1.67 bits per heavy atom. The van der Waals surface area contributed by atoms with Gasteiger partial charge in [-0.1, -0.05) is 0 Å². The number of hydrogen-bond donors (Lipinski definition) is 1. The van der Waals surface area contributed by atoms with Gasteiger partial charge >= 0.3 is 5.69 Å². The maximum absolute atomic E-state index is 13.2. The molecule has 0 amide bonds. The van der Waals surface area contributed by atoms with E-state index in [1.54, 1.807) is 0 Å². The number of alkyl halides is 1. The Morgan fingerprint density at radius 2 is 2.33 bits per heavy atom. The lowest BCUT2D eigenvalue weighted by atomic mass is 10.1. The minimum absolute atomic E-state index is 0.0357. The molecule has 1 unspecified atom stereocenters. The summed E-state index contributed by atoms with van der Waals surface area (Å²) in [5, 5.41) is 10.5. The predicted molar refractivity (Wildman–Crippen MR) is 52.6 cm³/mol. The lowest BCUT2D eigenvalue weighted by Gasteiger charge is -2.07. The maximum Gasteiger partial charge on any atom is 0.310 e. The van der Waals surface area contributed by atoms with Gasteiger partial charge in [0, 0.05) is 12.6 Å². The molecule has 6 heteroatoms. The number of hydrogen-bond acceptors (Lipinski definition) is 4. The molecule has 0 aromatic heterocycles. The van der Waals surface area contributed by atoms with Crippen LogP contribution >= 0.6 is 0 Å². The van der Waals surface area contributed by atoms with Crippen LogP contribution in [0.15, 0.2) is 18.2 Å². The van der Waals surface area contributed by atoms with Gasteiger partial charge < -0.3 is 10.5 Å². The summed E-state index contributed by atoms with van der Waals surface area (Å²) < 4.78 is 18.0. The Hall–Kier alpha value is -1.69. The molecule has 0 radical (unpaired) electrons. The quantitative estimate of drug-likeness (QED) is 0.609. The highest BCUT2D eigenvalue weighted by Crippen LogP contribution is 2.30. The van der Waals surface area contributed by atoms with Crippen LogP contribution in [0.4, 0.5) is 10.1 Å². The monoisotopic (exact) mass is 214 g/mol. The van der Waals surface area contributed by atoms with Crippen LogP contribution in [-0.2, 0) is 0 Å². The van der Waals surface area contributed by atoms with E-state index in [1.807, 2.05) is 0 Å². The standard InChI is InChI=1S/C9H11FN2O3/c1-15-9-4-6(7(10)5-11)2-3-8(9)12(13)14/h2-4,7H,5,11H2,1H3. The molecule has 0 saturated heterocycles. The van der Waals surface area contributed by atoms with Gasteiger partial charge in [-0.05, 0) is 17.7 Å². The summed E-state index contributed by atoms with van der Waals surface area (Å²) in [5.41, 5.74) is 5.23. The topological polar surface area (TPSA) is 78.4 Å². The number of halogens is 1. The zero-order valence-electron chi connectivity index (χ0n) is 8.14. The van der Waals surface area contributed by atoms with Crippen molar-refractivity contribution in [2.24, 2.45) is 5.73 Å². The van der Waals surface area contributed by atoms with Crippen molar-refractivity contribution in [3.8, 4) is 5.75 Å². The molecule has 0 heterocycles. The van der Waals surface area contributed by atoms with Crippen molar-refractivity contribution >= 4 is 5.69 Å². The molecule has 2 N–H and O–H groups in total. The van der Waals surface area contributed by atoms with Crippen LogP contribution in [0.2, 0.25) is 0 Å². The fourth-order valence-corrected chi connectivity index (χ4v) is 1.18. The Balaban J connectivity index is 3.13. The molecule has 0 fully saturated rings. The van der Waals surface area contributed by atoms with Crippen LogP contribution in [0.1, 0.15) is 11.7 Å². The summed E-state index contributed by atoms with van der Waals surface area (Å²) in [5.74, 6) is 0.0357. The third kappa shape index (κ3) is 2.41. The number of rotatable bonds is 4. The van der Waals surface area contributed by atoms with Crippen molar-refractivity contribution in [1.82, 2.24) is 0 Å². The number of benzene rings is 1. The van der Waals surface area contributed by atoms with Gasteiger partial charge in [0.2, 0.25) is 0 Å². The number of methoxy groups -OCH3 is 1. The van der Waals surface area contributed by atoms with Crippen LogP contribution in [0, 0.1) is 10.1 Å². The van der Waals surface area contributed by atoms with Crippen molar-refractivity contribution < 1.29 is 14.1 Å². The fourth-order valence-electron chi connectivity index (χ4n) is 1.18. The van der Waals surface area contributed by atoms with E-state index >= 15 is 0 Å². The summed E-state index contributed by atoms with van der Waals surface area (Å²) in [6.07, 6.45) is -1.33. The molecule has 1 rings (SSSR count). The highest BCUT2D eigenvalue weighted by Gasteiger charge is 2.17. The molecule has 82 valence electrons. The van der Waals surface area contributed by atoms with Crippen molar-refractivity contribution in [3.63, 3.8) is 0 Å². The second kappa shape index (κ2) is 4.70. The normalized spacial score (nSPS) is 12.2. The first-order valence-electron chi connectivity index (χ1n) is 4.26. The summed E-state index contributed by atoms with van der Waals surface area (Å²) in [4.78, 5) is 9.95. The summed E-state index contributed by atoms with van der Waals surface area (Å²) in [7, 11) is 1.29. The average molecular weight is 214 g/mol. The first kappa shape index (κ1) is 11.4. The first-order chi connectivity index (χ1) is 7.10. The minimum Gasteiger partial charge on any atom is -0.490 e. The number of nitro groups is 1. The molecule has 0 spiro atoms. The SMILES string of the molecule is COc1cc(C(F)CN)ccc1[N+](=O)[O-]. The number of ether oxygens (including phenoxy) is 1. The third-order valence-electron chi connectivity index (χ3n) is 1.97. The van der Waals surface area contributed by atoms with Crippen LogP contribution in [0.3, 0.4) is 0 Å². The molecule has 15 heavy (non-hydrogen) atoms. The highest BCUT2D eigenvalue weighted by molar-refractivity contribution is 5.48. The van der Waals surface area contributed by atoms with Gasteiger partial charge in [0.15, 0.2) is 5.75 Å². The second-order valence-electron chi connectivity index (χ2n) is 2.89. The average Bonchev–Trinajstić information content (AvgIpc) is 2.26. The van der Waals surface area contributed by atoms with Crippen LogP contribution in [0.25, 0.3) is 0 Å². The van der Waals surface area contributed by atoms with Crippen molar-refractivity contribution in [1.29, 1.82) is 0 Å². The largest absolute Gasteiger partial charge is 0.490 e. The van der Waals surface area contributed by atoms with E-state index < -0.39 is 11.1 Å². The Morgan fingerprint density at radius 3 is 2.80 bits per heavy atom. The van der Waals surface area contributed by atoms with Crippen LogP contribution in [0.5, 0.6) is 5.75 Å². The van der Waals surface area contributed by atoms with Gasteiger partial charge in [0.1, 0.15) is 6.17 Å². The van der Waals surface area contributed by atoms with E-state index in [1.165, 1.54) is 25.3 Å². The number of nitro benzene ring substituents is 1. The van der Waals surface area contributed by atoms with Gasteiger partial charge in [-0.2, -0.15) is 0 Å². The van der Waals surface area contributed by atoms with Crippen LogP contribution in [-0.4, -0.2) is 18.6 Å². The van der Waals surface area contributed by atoms with E-state index in [2.05, 4.69) is 0 Å². The predicted octanol–water partition coefficient (Wildman–Crippen LogP) is 1.57. The van der Waals surface area contributed by atoms with E-state index in [9.17, 15) is 14.5 Å². The highest BCUT2D eigenvalue weighted by atomic mass is 19.1.